The van der Waals surface area contributed by atoms with Crippen LogP contribution in [0.2, 0.25) is 0 Å². The summed E-state index contributed by atoms with van der Waals surface area (Å²) in [5, 5.41) is 8.93. The van der Waals surface area contributed by atoms with Gasteiger partial charge >= 0.3 is 5.97 Å². The van der Waals surface area contributed by atoms with Crippen LogP contribution in [0, 0.1) is 17.8 Å². The number of Topliss-reactive ketones (excluding diaryl/α,β-unsaturated/α-hetero) is 1. The largest absolute Gasteiger partial charge is 0.493 e. The van der Waals surface area contributed by atoms with Crippen molar-refractivity contribution in [2.75, 3.05) is 24.7 Å². The van der Waals surface area contributed by atoms with Crippen LogP contribution < -0.4 is 10.5 Å². The highest BCUT2D eigenvalue weighted by molar-refractivity contribution is 8.76. The summed E-state index contributed by atoms with van der Waals surface area (Å²) < 4.78 is 6.48. The number of carboxylic acid groups (broad SMARTS) is 1. The average Bonchev–Trinajstić information content (AvgIpc) is 2.95. The van der Waals surface area contributed by atoms with E-state index in [1.54, 1.807) is 6.08 Å². The lowest BCUT2D eigenvalue weighted by atomic mass is 9.48. The molecule has 4 bridgehead atoms. The number of hydrogen-bond acceptors (Lipinski definition) is 5. The maximum atomic E-state index is 12.4. The van der Waals surface area contributed by atoms with Crippen LogP contribution in [0.4, 0.5) is 0 Å². The average molecular weight is 595 g/mol. The fourth-order valence-corrected chi connectivity index (χ4v) is 9.76. The second kappa shape index (κ2) is 14.3. The molecule has 5 nitrogen and oxygen atoms in total. The van der Waals surface area contributed by atoms with Crippen LogP contribution in [0.1, 0.15) is 75.3 Å². The minimum atomic E-state index is -0.941. The molecule has 6 rings (SSSR count). The smallest absolute Gasteiger partial charge is 0.328 e. The number of ketones is 1. The van der Waals surface area contributed by atoms with E-state index < -0.39 is 5.97 Å². The monoisotopic (exact) mass is 594 g/mol. The molecule has 0 aromatic heterocycles. The number of ether oxygens (including phenoxy) is 1. The lowest BCUT2D eigenvalue weighted by Crippen LogP contribution is -2.51. The number of quaternary nitrogens is 1. The molecule has 0 heterocycles. The van der Waals surface area contributed by atoms with E-state index in [-0.39, 0.29) is 5.41 Å². The highest BCUT2D eigenvalue weighted by Crippen LogP contribution is 2.62. The number of rotatable bonds is 16. The van der Waals surface area contributed by atoms with Crippen molar-refractivity contribution in [2.45, 2.75) is 69.6 Å². The van der Waals surface area contributed by atoms with Crippen LogP contribution in [-0.4, -0.2) is 41.5 Å². The number of aliphatic carboxylic acids is 1. The van der Waals surface area contributed by atoms with Gasteiger partial charge in [0.2, 0.25) is 0 Å². The Bertz CT molecular complexity index is 1190. The van der Waals surface area contributed by atoms with Crippen molar-refractivity contribution >= 4 is 39.4 Å². The fourth-order valence-electron chi connectivity index (χ4n) is 7.73. The van der Waals surface area contributed by atoms with E-state index in [0.717, 1.165) is 65.5 Å². The van der Waals surface area contributed by atoms with Gasteiger partial charge in [0.05, 0.1) is 18.9 Å². The summed E-state index contributed by atoms with van der Waals surface area (Å²) in [6.07, 6.45) is 13.7. The zero-order valence-electron chi connectivity index (χ0n) is 24.0. The van der Waals surface area contributed by atoms with E-state index in [0.29, 0.717) is 25.2 Å². The summed E-state index contributed by atoms with van der Waals surface area (Å²) >= 11 is 0. The molecular weight excluding hydrogens is 551 g/mol. The van der Waals surface area contributed by atoms with Crippen LogP contribution in [0.25, 0.3) is 17.2 Å². The van der Waals surface area contributed by atoms with Crippen molar-refractivity contribution in [2.24, 2.45) is 17.8 Å². The SMILES string of the molecule is [NH3+]CCSSCCCC(=O)CCCOc1ccc(-c2ccc(/C=C/C(=O)O)cc2)cc1C12CC3CC(CC(C3)C1)C2. The minimum Gasteiger partial charge on any atom is -0.493 e. The molecule has 7 heteroatoms. The molecule has 220 valence electrons. The number of carbonyl (C=O) groups is 2. The van der Waals surface area contributed by atoms with Crippen LogP contribution in [-0.2, 0) is 15.0 Å². The molecule has 4 aliphatic rings. The molecule has 0 amide bonds. The molecule has 0 atom stereocenters. The lowest BCUT2D eigenvalue weighted by molar-refractivity contribution is -0.360. The Balaban J connectivity index is 1.26. The Kier molecular flexibility index (Phi) is 10.5. The van der Waals surface area contributed by atoms with Crippen molar-refractivity contribution in [3.63, 3.8) is 0 Å². The standard InChI is InChI=1S/C34H43NO4S2/c35-13-16-41-40-15-2-4-30(36)3-1-14-39-32-11-10-29(28-8-5-24(6-9-28)7-12-33(37)38)20-31(32)34-21-25-17-26(22-34)19-27(18-25)23-34/h5-12,20,25-27H,1-4,13-19,21-23,35H2,(H,37,38)/p+1/b12-7+. The molecule has 0 radical (unpaired) electrons. The third kappa shape index (κ3) is 7.99. The zero-order chi connectivity index (χ0) is 28.7. The number of hydrogen-bond donors (Lipinski definition) is 2. The summed E-state index contributed by atoms with van der Waals surface area (Å²) in [6.45, 7) is 1.52. The van der Waals surface area contributed by atoms with Crippen LogP contribution >= 0.6 is 21.6 Å². The quantitative estimate of drug-likeness (QED) is 0.123. The molecular formula is C34H44NO4S2+. The van der Waals surface area contributed by atoms with Crippen molar-refractivity contribution in [1.82, 2.24) is 0 Å². The highest BCUT2D eigenvalue weighted by Gasteiger charge is 2.52. The Labute approximate surface area is 252 Å². The summed E-state index contributed by atoms with van der Waals surface area (Å²) in [6, 6.07) is 14.8. The Morgan fingerprint density at radius 1 is 0.902 bits per heavy atom. The van der Waals surface area contributed by atoms with Gasteiger partial charge in [0.1, 0.15) is 11.5 Å². The van der Waals surface area contributed by atoms with Gasteiger partial charge in [-0.3, -0.25) is 4.79 Å². The number of carbonyl (C=O) groups excluding carboxylic acids is 1. The van der Waals surface area contributed by atoms with Crippen LogP contribution in [0.15, 0.2) is 48.5 Å². The van der Waals surface area contributed by atoms with Gasteiger partial charge in [-0.2, -0.15) is 0 Å². The Morgan fingerprint density at radius 3 is 2.20 bits per heavy atom. The van der Waals surface area contributed by atoms with Gasteiger partial charge in [-0.05, 0) is 109 Å². The third-order valence-corrected chi connectivity index (χ3v) is 11.7. The molecule has 2 aromatic carbocycles. The van der Waals surface area contributed by atoms with Crippen LogP contribution in [0.5, 0.6) is 5.75 Å². The summed E-state index contributed by atoms with van der Waals surface area (Å²) in [5.41, 5.74) is 8.61. The first-order valence-electron chi connectivity index (χ1n) is 15.3. The number of benzene rings is 2. The fraction of sp³-hybridized carbons (Fsp3) is 0.529. The molecule has 2 aromatic rings. The van der Waals surface area contributed by atoms with E-state index in [9.17, 15) is 9.59 Å². The molecule has 0 aliphatic heterocycles. The van der Waals surface area contributed by atoms with Gasteiger partial charge in [-0.1, -0.05) is 51.9 Å². The first-order valence-corrected chi connectivity index (χ1v) is 17.8. The van der Waals surface area contributed by atoms with E-state index in [2.05, 4.69) is 36.1 Å². The van der Waals surface area contributed by atoms with Crippen molar-refractivity contribution in [3.05, 3.63) is 59.7 Å². The Morgan fingerprint density at radius 2 is 1.54 bits per heavy atom. The molecule has 41 heavy (non-hydrogen) atoms. The van der Waals surface area contributed by atoms with E-state index in [4.69, 9.17) is 9.84 Å². The molecule has 4 fully saturated rings. The lowest BCUT2D eigenvalue weighted by Gasteiger charge is -2.57. The second-order valence-corrected chi connectivity index (χ2v) is 15.0. The van der Waals surface area contributed by atoms with E-state index in [1.807, 2.05) is 33.7 Å². The predicted octanol–water partition coefficient (Wildman–Crippen LogP) is 7.05. The topological polar surface area (TPSA) is 91.2 Å². The highest BCUT2D eigenvalue weighted by atomic mass is 33.1. The van der Waals surface area contributed by atoms with Gasteiger partial charge in [-0.25, -0.2) is 4.79 Å². The van der Waals surface area contributed by atoms with Gasteiger partial charge in [-0.15, -0.1) is 0 Å². The van der Waals surface area contributed by atoms with Gasteiger partial charge < -0.3 is 15.6 Å². The van der Waals surface area contributed by atoms with E-state index in [1.165, 1.54) is 55.7 Å². The molecule has 0 saturated heterocycles. The first kappa shape index (κ1) is 30.2. The second-order valence-electron chi connectivity index (χ2n) is 12.3. The number of carboxylic acids is 1. The van der Waals surface area contributed by atoms with E-state index >= 15 is 0 Å². The Hall–Kier alpha value is -2.22. The third-order valence-electron chi connectivity index (χ3n) is 9.10. The first-order chi connectivity index (χ1) is 19.9. The normalized spacial score (nSPS) is 24.7. The molecule has 4 saturated carbocycles. The minimum absolute atomic E-state index is 0.198. The summed E-state index contributed by atoms with van der Waals surface area (Å²) in [4.78, 5) is 23.3. The van der Waals surface area contributed by atoms with Gasteiger partial charge in [0.15, 0.2) is 0 Å². The molecule has 4 aliphatic carbocycles. The summed E-state index contributed by atoms with van der Waals surface area (Å²) in [5.74, 6) is 5.01. The molecule has 0 spiro atoms. The van der Waals surface area contributed by atoms with Crippen molar-refractivity contribution < 1.29 is 25.2 Å². The molecule has 0 unspecified atom stereocenters. The molecule has 4 N–H and O–H groups in total. The zero-order valence-corrected chi connectivity index (χ0v) is 25.7. The van der Waals surface area contributed by atoms with Gasteiger partial charge in [0, 0.05) is 30.2 Å². The predicted molar refractivity (Wildman–Crippen MR) is 170 cm³/mol. The maximum Gasteiger partial charge on any atom is 0.328 e. The van der Waals surface area contributed by atoms with Crippen molar-refractivity contribution in [1.29, 1.82) is 0 Å². The summed E-state index contributed by atoms with van der Waals surface area (Å²) in [7, 11) is 3.70. The maximum absolute atomic E-state index is 12.4. The van der Waals surface area contributed by atoms with Crippen molar-refractivity contribution in [3.8, 4) is 16.9 Å². The van der Waals surface area contributed by atoms with Crippen LogP contribution in [0.3, 0.4) is 0 Å². The van der Waals surface area contributed by atoms with Gasteiger partial charge in [0.25, 0.3) is 0 Å².